The summed E-state index contributed by atoms with van der Waals surface area (Å²) in [6.45, 7) is 0. The van der Waals surface area contributed by atoms with Crippen molar-refractivity contribution in [3.63, 3.8) is 0 Å². The molecule has 0 aliphatic carbocycles. The number of amides is 1. The van der Waals surface area contributed by atoms with Crippen molar-refractivity contribution in [2.75, 3.05) is 5.32 Å². The summed E-state index contributed by atoms with van der Waals surface area (Å²) in [6.07, 6.45) is -3.40. The van der Waals surface area contributed by atoms with Crippen LogP contribution in [0.4, 0.5) is 24.5 Å². The summed E-state index contributed by atoms with van der Waals surface area (Å²) in [5.74, 6) is -0.878. The van der Waals surface area contributed by atoms with Gasteiger partial charge in [-0.05, 0) is 60.2 Å². The molecule has 0 aliphatic heterocycles. The summed E-state index contributed by atoms with van der Waals surface area (Å²) in [6, 6.07) is 16.3. The predicted octanol–water partition coefficient (Wildman–Crippen LogP) is 6.71. The quantitative estimate of drug-likeness (QED) is 0.164. The number of nitrogens with zero attached hydrogens (tertiary/aromatic N) is 2. The number of nitro groups is 1. The van der Waals surface area contributed by atoms with Gasteiger partial charge in [0.2, 0.25) is 5.75 Å². The Hall–Kier alpha value is -4.17. The van der Waals surface area contributed by atoms with Gasteiger partial charge in [-0.25, -0.2) is 0 Å². The SMILES string of the molecule is N#C/C(=C/c1ccc(Oc2ccc(C(F)(F)F)cc2[N+](=O)[O-])cc1)C(=O)Nc1ccc(Br)cc1. The zero-order chi connectivity index (χ0) is 24.9. The van der Waals surface area contributed by atoms with Gasteiger partial charge in [0.05, 0.1) is 10.5 Å². The van der Waals surface area contributed by atoms with E-state index in [1.165, 1.54) is 30.3 Å². The first kappa shape index (κ1) is 24.5. The largest absolute Gasteiger partial charge is 0.450 e. The number of nitrogens with one attached hydrogen (secondary N) is 1. The molecule has 172 valence electrons. The molecule has 0 aliphatic rings. The minimum atomic E-state index is -4.74. The third-order valence-electron chi connectivity index (χ3n) is 4.37. The molecule has 0 heterocycles. The van der Waals surface area contributed by atoms with Crippen LogP contribution in [0.5, 0.6) is 11.5 Å². The molecule has 1 amide bonds. The smallest absolute Gasteiger partial charge is 0.416 e. The van der Waals surface area contributed by atoms with Crippen molar-refractivity contribution in [1.29, 1.82) is 5.26 Å². The van der Waals surface area contributed by atoms with Crippen LogP contribution < -0.4 is 10.1 Å². The summed E-state index contributed by atoms with van der Waals surface area (Å²) in [5.41, 5.74) is -1.23. The van der Waals surface area contributed by atoms with Crippen molar-refractivity contribution in [2.45, 2.75) is 6.18 Å². The highest BCUT2D eigenvalue weighted by Crippen LogP contribution is 2.37. The van der Waals surface area contributed by atoms with Crippen molar-refractivity contribution < 1.29 is 27.6 Å². The zero-order valence-corrected chi connectivity index (χ0v) is 18.6. The molecule has 3 aromatic rings. The predicted molar refractivity (Wildman–Crippen MR) is 121 cm³/mol. The Morgan fingerprint density at radius 2 is 1.74 bits per heavy atom. The number of rotatable bonds is 6. The van der Waals surface area contributed by atoms with Gasteiger partial charge in [0, 0.05) is 16.2 Å². The molecule has 0 unspecified atom stereocenters. The topological polar surface area (TPSA) is 105 Å². The lowest BCUT2D eigenvalue weighted by Crippen LogP contribution is -2.13. The van der Waals surface area contributed by atoms with E-state index < -0.39 is 28.3 Å². The van der Waals surface area contributed by atoms with Gasteiger partial charge in [-0.15, -0.1) is 0 Å². The van der Waals surface area contributed by atoms with Crippen LogP contribution in [0.2, 0.25) is 0 Å². The second-order valence-electron chi connectivity index (χ2n) is 6.74. The monoisotopic (exact) mass is 531 g/mol. The van der Waals surface area contributed by atoms with E-state index in [1.807, 2.05) is 6.07 Å². The highest BCUT2D eigenvalue weighted by Gasteiger charge is 2.33. The maximum absolute atomic E-state index is 12.8. The first-order valence-corrected chi connectivity index (χ1v) is 10.2. The highest BCUT2D eigenvalue weighted by atomic mass is 79.9. The number of carbonyl (C=O) groups is 1. The summed E-state index contributed by atoms with van der Waals surface area (Å²) in [4.78, 5) is 22.6. The number of alkyl halides is 3. The number of benzene rings is 3. The van der Waals surface area contributed by atoms with Gasteiger partial charge in [0.25, 0.3) is 5.91 Å². The van der Waals surface area contributed by atoms with E-state index >= 15 is 0 Å². The molecular weight excluding hydrogens is 519 g/mol. The molecule has 0 saturated heterocycles. The van der Waals surface area contributed by atoms with Crippen LogP contribution in [0.3, 0.4) is 0 Å². The first-order chi connectivity index (χ1) is 16.1. The molecule has 34 heavy (non-hydrogen) atoms. The van der Waals surface area contributed by atoms with Crippen molar-refractivity contribution >= 4 is 39.3 Å². The Bertz CT molecular complexity index is 1300. The molecule has 1 N–H and O–H groups in total. The number of nitriles is 1. The van der Waals surface area contributed by atoms with Crippen molar-refractivity contribution in [1.82, 2.24) is 0 Å². The number of hydrogen-bond donors (Lipinski definition) is 1. The van der Waals surface area contributed by atoms with E-state index in [1.54, 1.807) is 24.3 Å². The van der Waals surface area contributed by atoms with Crippen LogP contribution in [-0.2, 0) is 11.0 Å². The van der Waals surface area contributed by atoms with Gasteiger partial charge in [-0.2, -0.15) is 18.4 Å². The number of hydrogen-bond acceptors (Lipinski definition) is 5. The molecule has 0 atom stereocenters. The number of halogens is 4. The molecule has 0 fully saturated rings. The molecule has 11 heteroatoms. The third-order valence-corrected chi connectivity index (χ3v) is 4.90. The van der Waals surface area contributed by atoms with E-state index in [0.29, 0.717) is 23.4 Å². The fourth-order valence-corrected chi connectivity index (χ4v) is 2.99. The van der Waals surface area contributed by atoms with E-state index in [0.717, 1.165) is 10.5 Å². The Labute approximate surface area is 199 Å². The molecule has 0 radical (unpaired) electrons. The number of nitro benzene ring substituents is 1. The molecule has 3 rings (SSSR count). The summed E-state index contributed by atoms with van der Waals surface area (Å²) >= 11 is 3.28. The fraction of sp³-hybridized carbons (Fsp3) is 0.0435. The normalized spacial score (nSPS) is 11.4. The van der Waals surface area contributed by atoms with E-state index in [9.17, 15) is 33.3 Å². The van der Waals surface area contributed by atoms with Gasteiger partial charge < -0.3 is 10.1 Å². The second kappa shape index (κ2) is 10.2. The van der Waals surface area contributed by atoms with E-state index in [-0.39, 0.29) is 17.1 Å². The lowest BCUT2D eigenvalue weighted by atomic mass is 10.1. The molecule has 0 bridgehead atoms. The molecule has 0 spiro atoms. The average molecular weight is 532 g/mol. The molecule has 7 nitrogen and oxygen atoms in total. The third kappa shape index (κ3) is 6.20. The Kier molecular flexibility index (Phi) is 7.33. The highest BCUT2D eigenvalue weighted by molar-refractivity contribution is 9.10. The number of ether oxygens (including phenoxy) is 1. The van der Waals surface area contributed by atoms with E-state index in [2.05, 4.69) is 21.2 Å². The number of carbonyl (C=O) groups excluding carboxylic acids is 1. The fourth-order valence-electron chi connectivity index (χ4n) is 2.73. The lowest BCUT2D eigenvalue weighted by Gasteiger charge is -2.10. The van der Waals surface area contributed by atoms with Crippen LogP contribution in [0.1, 0.15) is 11.1 Å². The summed E-state index contributed by atoms with van der Waals surface area (Å²) in [7, 11) is 0. The van der Waals surface area contributed by atoms with Gasteiger partial charge in [0.1, 0.15) is 17.4 Å². The Morgan fingerprint density at radius 3 is 2.29 bits per heavy atom. The van der Waals surface area contributed by atoms with Crippen molar-refractivity contribution in [2.24, 2.45) is 0 Å². The standard InChI is InChI=1S/C23H13BrF3N3O4/c24-17-4-6-18(7-5-17)29-22(31)15(13-28)11-14-1-8-19(9-2-14)34-21-10-3-16(23(25,26)27)12-20(21)30(32)33/h1-12H,(H,29,31)/b15-11-. The molecule has 0 saturated carbocycles. The van der Waals surface area contributed by atoms with Gasteiger partial charge in [0.15, 0.2) is 0 Å². The van der Waals surface area contributed by atoms with Crippen molar-refractivity contribution in [3.8, 4) is 17.6 Å². The maximum Gasteiger partial charge on any atom is 0.416 e. The number of anilines is 1. The minimum absolute atomic E-state index is 0.109. The second-order valence-corrected chi connectivity index (χ2v) is 7.65. The first-order valence-electron chi connectivity index (χ1n) is 9.39. The van der Waals surface area contributed by atoms with Crippen LogP contribution in [0, 0.1) is 21.4 Å². The average Bonchev–Trinajstić information content (AvgIpc) is 2.79. The zero-order valence-electron chi connectivity index (χ0n) is 17.0. The van der Waals surface area contributed by atoms with Crippen LogP contribution in [0.25, 0.3) is 6.08 Å². The van der Waals surface area contributed by atoms with Gasteiger partial charge >= 0.3 is 11.9 Å². The molecular formula is C23H13BrF3N3O4. The summed E-state index contributed by atoms with van der Waals surface area (Å²) < 4.78 is 44.7. The Morgan fingerprint density at radius 1 is 1.09 bits per heavy atom. The molecule has 0 aromatic heterocycles. The van der Waals surface area contributed by atoms with Crippen LogP contribution in [0.15, 0.2) is 76.8 Å². The van der Waals surface area contributed by atoms with E-state index in [4.69, 9.17) is 4.74 Å². The maximum atomic E-state index is 12.8. The molecule has 3 aromatic carbocycles. The van der Waals surface area contributed by atoms with Gasteiger partial charge in [-0.1, -0.05) is 28.1 Å². The summed E-state index contributed by atoms with van der Waals surface area (Å²) in [5, 5.41) is 23.1. The van der Waals surface area contributed by atoms with Crippen LogP contribution >= 0.6 is 15.9 Å². The Balaban J connectivity index is 1.77. The van der Waals surface area contributed by atoms with Crippen molar-refractivity contribution in [3.05, 3.63) is 98.0 Å². The van der Waals surface area contributed by atoms with Crippen LogP contribution in [-0.4, -0.2) is 10.8 Å². The lowest BCUT2D eigenvalue weighted by molar-refractivity contribution is -0.385. The van der Waals surface area contributed by atoms with Gasteiger partial charge in [-0.3, -0.25) is 14.9 Å². The minimum Gasteiger partial charge on any atom is -0.450 e.